The number of rotatable bonds is 0. The number of halogens is 3. The van der Waals surface area contributed by atoms with Crippen LogP contribution in [-0.2, 0) is 6.18 Å². The van der Waals surface area contributed by atoms with Crippen molar-refractivity contribution >= 4 is 10.9 Å². The number of hydrogen-bond donors (Lipinski definition) is 1. The van der Waals surface area contributed by atoms with Gasteiger partial charge in [-0.1, -0.05) is 12.1 Å². The molecule has 0 aliphatic carbocycles. The van der Waals surface area contributed by atoms with Crippen LogP contribution in [0.1, 0.15) is 22.4 Å². The van der Waals surface area contributed by atoms with Gasteiger partial charge in [0.1, 0.15) is 5.69 Å². The van der Waals surface area contributed by atoms with E-state index in [1.165, 1.54) is 6.92 Å². The lowest BCUT2D eigenvalue weighted by Crippen LogP contribution is -2.19. The molecule has 1 N–H and O–H groups in total. The van der Waals surface area contributed by atoms with Crippen molar-refractivity contribution in [2.75, 3.05) is 0 Å². The SMILES string of the molecule is Cc1c(C(F)(F)F)[nH]c2c(C)ccc(C)c2c1=O. The van der Waals surface area contributed by atoms with Crippen LogP contribution in [0.5, 0.6) is 0 Å². The Morgan fingerprint density at radius 1 is 1.06 bits per heavy atom. The van der Waals surface area contributed by atoms with Gasteiger partial charge in [-0.25, -0.2) is 0 Å². The molecule has 0 bridgehead atoms. The fourth-order valence-electron chi connectivity index (χ4n) is 2.07. The number of pyridine rings is 1. The fraction of sp³-hybridized carbons (Fsp3) is 0.308. The Morgan fingerprint density at radius 2 is 1.61 bits per heavy atom. The van der Waals surface area contributed by atoms with Gasteiger partial charge >= 0.3 is 6.18 Å². The second-order valence-electron chi connectivity index (χ2n) is 4.40. The number of alkyl halides is 3. The van der Waals surface area contributed by atoms with Crippen LogP contribution in [0.2, 0.25) is 0 Å². The van der Waals surface area contributed by atoms with Gasteiger partial charge in [0.05, 0.1) is 5.52 Å². The molecule has 1 heterocycles. The number of nitrogens with one attached hydrogen (secondary N) is 1. The summed E-state index contributed by atoms with van der Waals surface area (Å²) in [6.07, 6.45) is -4.55. The van der Waals surface area contributed by atoms with E-state index in [1.54, 1.807) is 26.0 Å². The van der Waals surface area contributed by atoms with Crippen molar-refractivity contribution in [2.24, 2.45) is 0 Å². The first-order valence-electron chi connectivity index (χ1n) is 5.43. The first-order valence-corrected chi connectivity index (χ1v) is 5.43. The summed E-state index contributed by atoms with van der Waals surface area (Å²) in [5, 5.41) is 0.334. The van der Waals surface area contributed by atoms with Crippen molar-refractivity contribution in [2.45, 2.75) is 26.9 Å². The highest BCUT2D eigenvalue weighted by Gasteiger charge is 2.35. The van der Waals surface area contributed by atoms with Crippen LogP contribution in [-0.4, -0.2) is 4.98 Å². The summed E-state index contributed by atoms with van der Waals surface area (Å²) >= 11 is 0. The smallest absolute Gasteiger partial charge is 0.350 e. The second kappa shape index (κ2) is 3.86. The zero-order chi connectivity index (χ0) is 13.7. The molecule has 96 valence electrons. The van der Waals surface area contributed by atoms with Crippen molar-refractivity contribution in [1.29, 1.82) is 0 Å². The van der Waals surface area contributed by atoms with Crippen LogP contribution in [0.3, 0.4) is 0 Å². The van der Waals surface area contributed by atoms with E-state index in [-0.39, 0.29) is 11.1 Å². The summed E-state index contributed by atoms with van der Waals surface area (Å²) in [4.78, 5) is 14.4. The average Bonchev–Trinajstić information content (AvgIpc) is 2.26. The van der Waals surface area contributed by atoms with Gasteiger partial charge < -0.3 is 4.98 Å². The summed E-state index contributed by atoms with van der Waals surface area (Å²) in [7, 11) is 0. The van der Waals surface area contributed by atoms with Gasteiger partial charge in [-0.3, -0.25) is 4.79 Å². The minimum atomic E-state index is -4.55. The Morgan fingerprint density at radius 3 is 2.17 bits per heavy atom. The molecule has 0 spiro atoms. The Hall–Kier alpha value is -1.78. The van der Waals surface area contributed by atoms with E-state index in [1.807, 2.05) is 0 Å². The molecular formula is C13H12F3NO. The number of benzene rings is 1. The lowest BCUT2D eigenvalue weighted by Gasteiger charge is -2.13. The molecule has 2 aromatic rings. The summed E-state index contributed by atoms with van der Waals surface area (Å²) in [6, 6.07) is 3.43. The number of aromatic nitrogens is 1. The van der Waals surface area contributed by atoms with Gasteiger partial charge in [-0.2, -0.15) is 13.2 Å². The maximum atomic E-state index is 12.8. The van der Waals surface area contributed by atoms with E-state index in [9.17, 15) is 18.0 Å². The van der Waals surface area contributed by atoms with Crippen LogP contribution >= 0.6 is 0 Å². The molecule has 18 heavy (non-hydrogen) atoms. The molecule has 2 rings (SSSR count). The zero-order valence-corrected chi connectivity index (χ0v) is 10.2. The van der Waals surface area contributed by atoms with Crippen LogP contribution in [0, 0.1) is 20.8 Å². The highest BCUT2D eigenvalue weighted by molar-refractivity contribution is 5.85. The minimum absolute atomic E-state index is 0.262. The molecule has 0 unspecified atom stereocenters. The van der Waals surface area contributed by atoms with Crippen molar-refractivity contribution in [3.8, 4) is 0 Å². The third-order valence-electron chi connectivity index (χ3n) is 3.10. The van der Waals surface area contributed by atoms with E-state index in [2.05, 4.69) is 4.98 Å². The Kier molecular flexibility index (Phi) is 2.72. The molecule has 0 radical (unpaired) electrons. The summed E-state index contributed by atoms with van der Waals surface area (Å²) in [6.45, 7) is 4.58. The molecule has 0 aliphatic rings. The number of aryl methyl sites for hydroxylation is 2. The maximum Gasteiger partial charge on any atom is 0.431 e. The van der Waals surface area contributed by atoms with Crippen molar-refractivity contribution in [3.63, 3.8) is 0 Å². The van der Waals surface area contributed by atoms with E-state index in [0.717, 1.165) is 0 Å². The van der Waals surface area contributed by atoms with Crippen LogP contribution < -0.4 is 5.43 Å². The number of fused-ring (bicyclic) bond motifs is 1. The third kappa shape index (κ3) is 1.79. The third-order valence-corrected chi connectivity index (χ3v) is 3.10. The number of hydrogen-bond acceptors (Lipinski definition) is 1. The lowest BCUT2D eigenvalue weighted by atomic mass is 10.0. The Labute approximate surface area is 101 Å². The van der Waals surface area contributed by atoms with E-state index in [0.29, 0.717) is 16.5 Å². The lowest BCUT2D eigenvalue weighted by molar-refractivity contribution is -0.141. The predicted octanol–water partition coefficient (Wildman–Crippen LogP) is 3.47. The highest BCUT2D eigenvalue weighted by atomic mass is 19.4. The summed E-state index contributed by atoms with van der Waals surface area (Å²) in [5.41, 5.74) is -0.250. The van der Waals surface area contributed by atoms with Crippen molar-refractivity contribution in [3.05, 3.63) is 44.7 Å². The molecule has 1 aromatic carbocycles. The molecular weight excluding hydrogens is 243 g/mol. The largest absolute Gasteiger partial charge is 0.431 e. The Balaban J connectivity index is 3.02. The number of aromatic amines is 1. The van der Waals surface area contributed by atoms with Crippen LogP contribution in [0.25, 0.3) is 10.9 Å². The zero-order valence-electron chi connectivity index (χ0n) is 10.2. The summed E-state index contributed by atoms with van der Waals surface area (Å²) in [5.74, 6) is 0. The fourth-order valence-corrected chi connectivity index (χ4v) is 2.07. The maximum absolute atomic E-state index is 12.8. The van der Waals surface area contributed by atoms with Crippen molar-refractivity contribution in [1.82, 2.24) is 4.98 Å². The van der Waals surface area contributed by atoms with E-state index < -0.39 is 17.3 Å². The molecule has 1 aromatic heterocycles. The second-order valence-corrected chi connectivity index (χ2v) is 4.40. The molecule has 0 atom stereocenters. The van der Waals surface area contributed by atoms with Gasteiger partial charge in [-0.05, 0) is 31.9 Å². The average molecular weight is 255 g/mol. The monoisotopic (exact) mass is 255 g/mol. The van der Waals surface area contributed by atoms with E-state index in [4.69, 9.17) is 0 Å². The summed E-state index contributed by atoms with van der Waals surface area (Å²) < 4.78 is 38.5. The first-order chi connectivity index (χ1) is 8.23. The standard InChI is InChI=1S/C13H12F3NO/c1-6-4-5-7(2)10-9(6)11(18)8(3)12(17-10)13(14,15)16/h4-5H,1-3H3,(H,17,18). The van der Waals surface area contributed by atoms with E-state index >= 15 is 0 Å². The molecule has 0 fully saturated rings. The molecule has 2 nitrogen and oxygen atoms in total. The topological polar surface area (TPSA) is 32.9 Å². The van der Waals surface area contributed by atoms with Gasteiger partial charge in [0.15, 0.2) is 5.43 Å². The highest BCUT2D eigenvalue weighted by Crippen LogP contribution is 2.31. The number of H-pyrrole nitrogens is 1. The molecule has 5 heteroatoms. The normalized spacial score (nSPS) is 12.1. The quantitative estimate of drug-likeness (QED) is 0.768. The first kappa shape index (κ1) is 12.7. The molecule has 0 aliphatic heterocycles. The van der Waals surface area contributed by atoms with Crippen LogP contribution in [0.4, 0.5) is 13.2 Å². The predicted molar refractivity (Wildman–Crippen MR) is 63.8 cm³/mol. The van der Waals surface area contributed by atoms with Crippen molar-refractivity contribution < 1.29 is 13.2 Å². The molecule has 0 saturated carbocycles. The van der Waals surface area contributed by atoms with Gasteiger partial charge in [0, 0.05) is 10.9 Å². The Bertz CT molecular complexity index is 683. The molecule has 0 saturated heterocycles. The van der Waals surface area contributed by atoms with Gasteiger partial charge in [-0.15, -0.1) is 0 Å². The van der Waals surface area contributed by atoms with Crippen LogP contribution in [0.15, 0.2) is 16.9 Å². The molecule has 0 amide bonds. The van der Waals surface area contributed by atoms with Gasteiger partial charge in [0.2, 0.25) is 0 Å². The van der Waals surface area contributed by atoms with Gasteiger partial charge in [0.25, 0.3) is 0 Å². The minimum Gasteiger partial charge on any atom is -0.350 e.